The van der Waals surface area contributed by atoms with Crippen LogP contribution in [0.25, 0.3) is 0 Å². The third-order valence-corrected chi connectivity index (χ3v) is 7.98. The van der Waals surface area contributed by atoms with Crippen LogP contribution in [0.4, 0.5) is 21.0 Å². The van der Waals surface area contributed by atoms with Gasteiger partial charge >= 0.3 is 12.1 Å². The van der Waals surface area contributed by atoms with Gasteiger partial charge in [0.2, 0.25) is 5.91 Å². The smallest absolute Gasteiger partial charge is 0.325 e. The number of likely N-dealkylation sites (N-methyl/N-ethyl adjacent to an activating group) is 1. The Kier molecular flexibility index (Phi) is 8.34. The number of amides is 5. The third kappa shape index (κ3) is 5.80. The highest BCUT2D eigenvalue weighted by molar-refractivity contribution is 5.99. The fraction of sp³-hybridized carbons (Fsp3) is 0.483. The number of carbonyl (C=O) groups excluding carboxylic acids is 3. The van der Waals surface area contributed by atoms with E-state index in [1.807, 2.05) is 55.9 Å². The van der Waals surface area contributed by atoms with E-state index < -0.39 is 11.9 Å². The zero-order valence-electron chi connectivity index (χ0n) is 23.6. The molecule has 0 atom stereocenters. The van der Waals surface area contributed by atoms with Gasteiger partial charge < -0.3 is 26.0 Å². The van der Waals surface area contributed by atoms with Gasteiger partial charge in [-0.05, 0) is 88.5 Å². The van der Waals surface area contributed by atoms with Crippen LogP contribution in [0.1, 0.15) is 52.7 Å². The van der Waals surface area contributed by atoms with E-state index in [-0.39, 0.29) is 18.1 Å². The largest absolute Gasteiger partial charge is 0.496 e. The van der Waals surface area contributed by atoms with Crippen LogP contribution in [0.5, 0.6) is 5.75 Å². The molecule has 2 aliphatic rings. The average molecular weight is 537 g/mol. The fourth-order valence-electron chi connectivity index (χ4n) is 5.79. The molecule has 1 saturated carbocycles. The Labute approximate surface area is 230 Å². The van der Waals surface area contributed by atoms with Gasteiger partial charge in [0.1, 0.15) is 5.75 Å². The van der Waals surface area contributed by atoms with Crippen molar-refractivity contribution in [2.24, 2.45) is 11.5 Å². The lowest BCUT2D eigenvalue weighted by Gasteiger charge is -2.45. The summed E-state index contributed by atoms with van der Waals surface area (Å²) in [5.41, 5.74) is 16.3. The van der Waals surface area contributed by atoms with E-state index in [9.17, 15) is 14.4 Å². The van der Waals surface area contributed by atoms with Crippen molar-refractivity contribution in [1.29, 1.82) is 0 Å². The van der Waals surface area contributed by atoms with Gasteiger partial charge in [-0.2, -0.15) is 0 Å². The number of hydrogen-bond donors (Lipinski definition) is 2. The van der Waals surface area contributed by atoms with E-state index in [4.69, 9.17) is 16.2 Å². The normalized spacial score (nSPS) is 19.2. The lowest BCUT2D eigenvalue weighted by Crippen LogP contribution is -2.55. The maximum absolute atomic E-state index is 13.9. The van der Waals surface area contributed by atoms with Crippen molar-refractivity contribution in [1.82, 2.24) is 9.80 Å². The van der Waals surface area contributed by atoms with Gasteiger partial charge in [0.05, 0.1) is 19.3 Å². The standard InChI is InChI=1S/C29H40N6O4/c1-18-6-7-23(16-26(18)39-5)35(28(31)37)22-10-8-21(9-11-22)34-17-24-19(2)14-20(27(30)36)15-25(24)33(29(34)38)13-12-32(3)4/h6-7,14-16,21-22H,8-13,17H2,1-5H3,(H2,30,36)(H2,31,37). The van der Waals surface area contributed by atoms with Crippen LogP contribution in [0.2, 0.25) is 0 Å². The highest BCUT2D eigenvalue weighted by Gasteiger charge is 2.38. The number of primary amides is 2. The van der Waals surface area contributed by atoms with Gasteiger partial charge in [0, 0.05) is 42.5 Å². The van der Waals surface area contributed by atoms with Gasteiger partial charge in [-0.3, -0.25) is 14.6 Å². The van der Waals surface area contributed by atoms with Crippen molar-refractivity contribution in [2.45, 2.75) is 58.2 Å². The summed E-state index contributed by atoms with van der Waals surface area (Å²) in [6, 6.07) is 8.61. The summed E-state index contributed by atoms with van der Waals surface area (Å²) in [6.45, 7) is 5.56. The molecular formula is C29H40N6O4. The zero-order valence-corrected chi connectivity index (χ0v) is 23.6. The molecular weight excluding hydrogens is 496 g/mol. The molecule has 1 aliphatic heterocycles. The number of nitrogens with zero attached hydrogens (tertiary/aromatic N) is 4. The molecule has 39 heavy (non-hydrogen) atoms. The summed E-state index contributed by atoms with van der Waals surface area (Å²) in [5.74, 6) is 0.199. The second kappa shape index (κ2) is 11.5. The minimum absolute atomic E-state index is 0.0289. The summed E-state index contributed by atoms with van der Waals surface area (Å²) in [6.07, 6.45) is 2.94. The summed E-state index contributed by atoms with van der Waals surface area (Å²) >= 11 is 0. The second-order valence-electron chi connectivity index (χ2n) is 10.8. The Morgan fingerprint density at radius 2 is 1.72 bits per heavy atom. The van der Waals surface area contributed by atoms with Crippen LogP contribution in [0.3, 0.4) is 0 Å². The molecule has 0 saturated heterocycles. The highest BCUT2D eigenvalue weighted by Crippen LogP contribution is 2.38. The molecule has 210 valence electrons. The zero-order chi connectivity index (χ0) is 28.4. The lowest BCUT2D eigenvalue weighted by molar-refractivity contribution is 0.0999. The molecule has 10 nitrogen and oxygen atoms in total. The van der Waals surface area contributed by atoms with Crippen molar-refractivity contribution in [3.05, 3.63) is 52.6 Å². The Morgan fingerprint density at radius 3 is 2.31 bits per heavy atom. The average Bonchev–Trinajstić information content (AvgIpc) is 2.89. The number of urea groups is 2. The fourth-order valence-corrected chi connectivity index (χ4v) is 5.79. The molecule has 0 aromatic heterocycles. The number of methoxy groups -OCH3 is 1. The molecule has 1 heterocycles. The molecule has 0 spiro atoms. The molecule has 0 unspecified atom stereocenters. The first kappa shape index (κ1) is 28.2. The monoisotopic (exact) mass is 536 g/mol. The first-order chi connectivity index (χ1) is 18.5. The van der Waals surface area contributed by atoms with E-state index in [0.717, 1.165) is 48.1 Å². The molecule has 0 radical (unpaired) electrons. The molecule has 2 aromatic rings. The SMILES string of the molecule is COc1cc(N(C(N)=O)C2CCC(N3Cc4c(C)cc(C(N)=O)cc4N(CCN(C)C)C3=O)CC2)ccc1C. The van der Waals surface area contributed by atoms with Crippen molar-refractivity contribution < 1.29 is 19.1 Å². The molecule has 1 aliphatic carbocycles. The van der Waals surface area contributed by atoms with Gasteiger partial charge in [0.25, 0.3) is 0 Å². The predicted octanol–water partition coefficient (Wildman–Crippen LogP) is 3.61. The third-order valence-electron chi connectivity index (χ3n) is 7.98. The molecule has 2 aromatic carbocycles. The molecule has 4 N–H and O–H groups in total. The Hall–Kier alpha value is -3.79. The highest BCUT2D eigenvalue weighted by atomic mass is 16.5. The first-order valence-electron chi connectivity index (χ1n) is 13.4. The maximum atomic E-state index is 13.9. The lowest BCUT2D eigenvalue weighted by atomic mass is 9.88. The number of anilines is 2. The second-order valence-corrected chi connectivity index (χ2v) is 10.8. The summed E-state index contributed by atoms with van der Waals surface area (Å²) in [5, 5.41) is 0. The number of hydrogen-bond acceptors (Lipinski definition) is 5. The van der Waals surface area contributed by atoms with E-state index in [1.54, 1.807) is 29.0 Å². The topological polar surface area (TPSA) is 125 Å². The quantitative estimate of drug-likeness (QED) is 0.533. The van der Waals surface area contributed by atoms with Crippen LogP contribution >= 0.6 is 0 Å². The summed E-state index contributed by atoms with van der Waals surface area (Å²) in [4.78, 5) is 45.8. The van der Waals surface area contributed by atoms with E-state index in [1.165, 1.54) is 0 Å². The van der Waals surface area contributed by atoms with Gasteiger partial charge in [0.15, 0.2) is 0 Å². The first-order valence-corrected chi connectivity index (χ1v) is 13.4. The Morgan fingerprint density at radius 1 is 1.03 bits per heavy atom. The Balaban J connectivity index is 1.56. The number of fused-ring (bicyclic) bond motifs is 1. The molecule has 4 rings (SSSR count). The Bertz CT molecular complexity index is 1250. The van der Waals surface area contributed by atoms with Crippen LogP contribution in [-0.2, 0) is 6.54 Å². The number of carbonyl (C=O) groups is 3. The van der Waals surface area contributed by atoms with Crippen molar-refractivity contribution in [2.75, 3.05) is 44.1 Å². The summed E-state index contributed by atoms with van der Waals surface area (Å²) < 4.78 is 5.46. The number of rotatable bonds is 8. The minimum Gasteiger partial charge on any atom is -0.496 e. The molecule has 1 fully saturated rings. The van der Waals surface area contributed by atoms with Crippen molar-refractivity contribution in [3.8, 4) is 5.75 Å². The molecule has 0 bridgehead atoms. The number of nitrogens with two attached hydrogens (primary N) is 2. The van der Waals surface area contributed by atoms with Gasteiger partial charge in [-0.25, -0.2) is 9.59 Å². The number of aryl methyl sites for hydroxylation is 2. The van der Waals surface area contributed by atoms with E-state index in [0.29, 0.717) is 36.6 Å². The molecule has 10 heteroatoms. The number of ether oxygens (including phenoxy) is 1. The van der Waals surface area contributed by atoms with Crippen LogP contribution in [0.15, 0.2) is 30.3 Å². The van der Waals surface area contributed by atoms with E-state index >= 15 is 0 Å². The molecule has 5 amide bonds. The van der Waals surface area contributed by atoms with E-state index in [2.05, 4.69) is 0 Å². The maximum Gasteiger partial charge on any atom is 0.325 e. The van der Waals surface area contributed by atoms with Gasteiger partial charge in [-0.15, -0.1) is 0 Å². The van der Waals surface area contributed by atoms with Crippen molar-refractivity contribution >= 4 is 29.3 Å². The van der Waals surface area contributed by atoms with Crippen LogP contribution < -0.4 is 26.0 Å². The number of benzene rings is 2. The van der Waals surface area contributed by atoms with Crippen LogP contribution in [-0.4, -0.2) is 74.1 Å². The minimum atomic E-state index is -0.508. The summed E-state index contributed by atoms with van der Waals surface area (Å²) in [7, 11) is 5.54. The van der Waals surface area contributed by atoms with Crippen LogP contribution in [0, 0.1) is 13.8 Å². The van der Waals surface area contributed by atoms with Crippen molar-refractivity contribution in [3.63, 3.8) is 0 Å². The van der Waals surface area contributed by atoms with Gasteiger partial charge in [-0.1, -0.05) is 6.07 Å². The predicted molar refractivity (Wildman–Crippen MR) is 152 cm³/mol.